The lowest BCUT2D eigenvalue weighted by Gasteiger charge is -2.09. The fraction of sp³-hybridized carbons (Fsp3) is 0.231. The Morgan fingerprint density at radius 3 is 2.82 bits per heavy atom. The Hall–Kier alpha value is -1.79. The maximum atomic E-state index is 9.11. The van der Waals surface area contributed by atoms with Crippen LogP contribution in [0.5, 0.6) is 5.75 Å². The van der Waals surface area contributed by atoms with Crippen molar-refractivity contribution in [2.24, 2.45) is 0 Å². The van der Waals surface area contributed by atoms with Crippen molar-refractivity contribution >= 4 is 22.5 Å². The van der Waals surface area contributed by atoms with E-state index < -0.39 is 0 Å². The van der Waals surface area contributed by atoms with Crippen LogP contribution in [0.2, 0.25) is 5.15 Å². The fourth-order valence-corrected chi connectivity index (χ4v) is 2.13. The SMILES string of the molecule is CCc1c(C#N)c(Cl)nc2ccc(OC)cc12. The average molecular weight is 247 g/mol. The standard InChI is InChI=1S/C13H11ClN2O/c1-3-9-10-6-8(17-2)4-5-12(10)16-13(14)11(9)7-15/h4-6H,3H2,1-2H3. The van der Waals surface area contributed by atoms with Crippen molar-refractivity contribution in [3.63, 3.8) is 0 Å². The van der Waals surface area contributed by atoms with Crippen LogP contribution in [-0.4, -0.2) is 12.1 Å². The molecular weight excluding hydrogens is 236 g/mol. The summed E-state index contributed by atoms with van der Waals surface area (Å²) in [5, 5.41) is 10.3. The normalized spacial score (nSPS) is 10.2. The highest BCUT2D eigenvalue weighted by Gasteiger charge is 2.12. The molecule has 86 valence electrons. The number of methoxy groups -OCH3 is 1. The van der Waals surface area contributed by atoms with Crippen molar-refractivity contribution in [3.8, 4) is 11.8 Å². The van der Waals surface area contributed by atoms with Gasteiger partial charge in [0.1, 0.15) is 17.0 Å². The highest BCUT2D eigenvalue weighted by molar-refractivity contribution is 6.31. The van der Waals surface area contributed by atoms with Gasteiger partial charge in [0.15, 0.2) is 0 Å². The number of aryl methyl sites for hydroxylation is 1. The third-order valence-electron chi connectivity index (χ3n) is 2.72. The van der Waals surface area contributed by atoms with Crippen molar-refractivity contribution in [2.75, 3.05) is 7.11 Å². The van der Waals surface area contributed by atoms with Crippen LogP contribution >= 0.6 is 11.6 Å². The van der Waals surface area contributed by atoms with E-state index in [0.717, 1.165) is 28.6 Å². The van der Waals surface area contributed by atoms with E-state index in [1.54, 1.807) is 7.11 Å². The predicted octanol–water partition coefficient (Wildman–Crippen LogP) is 3.33. The summed E-state index contributed by atoms with van der Waals surface area (Å²) in [6, 6.07) is 7.67. The molecule has 2 rings (SSSR count). The quantitative estimate of drug-likeness (QED) is 0.764. The smallest absolute Gasteiger partial charge is 0.147 e. The third-order valence-corrected chi connectivity index (χ3v) is 2.99. The van der Waals surface area contributed by atoms with Crippen molar-refractivity contribution < 1.29 is 4.74 Å². The monoisotopic (exact) mass is 246 g/mol. The molecule has 0 bridgehead atoms. The summed E-state index contributed by atoms with van der Waals surface area (Å²) in [6.45, 7) is 1.99. The first kappa shape index (κ1) is 11.7. The Balaban J connectivity index is 2.86. The molecular formula is C13H11ClN2O. The highest BCUT2D eigenvalue weighted by Crippen LogP contribution is 2.29. The van der Waals surface area contributed by atoms with Crippen molar-refractivity contribution in [1.29, 1.82) is 5.26 Å². The van der Waals surface area contributed by atoms with Gasteiger partial charge in [0.25, 0.3) is 0 Å². The van der Waals surface area contributed by atoms with Crippen LogP contribution in [0, 0.1) is 11.3 Å². The highest BCUT2D eigenvalue weighted by atomic mass is 35.5. The predicted molar refractivity (Wildman–Crippen MR) is 67.4 cm³/mol. The maximum absolute atomic E-state index is 9.11. The molecule has 0 atom stereocenters. The lowest BCUT2D eigenvalue weighted by Crippen LogP contribution is -1.95. The lowest BCUT2D eigenvalue weighted by atomic mass is 10.0. The summed E-state index contributed by atoms with van der Waals surface area (Å²) in [5.74, 6) is 0.750. The maximum Gasteiger partial charge on any atom is 0.147 e. The number of pyridine rings is 1. The summed E-state index contributed by atoms with van der Waals surface area (Å²) in [6.07, 6.45) is 0.731. The van der Waals surface area contributed by atoms with Crippen LogP contribution in [0.3, 0.4) is 0 Å². The summed E-state index contributed by atoms with van der Waals surface area (Å²) in [7, 11) is 1.61. The molecule has 0 N–H and O–H groups in total. The van der Waals surface area contributed by atoms with E-state index in [9.17, 15) is 0 Å². The first-order valence-electron chi connectivity index (χ1n) is 5.27. The molecule has 3 nitrogen and oxygen atoms in total. The van der Waals surface area contributed by atoms with Crippen LogP contribution in [0.25, 0.3) is 10.9 Å². The lowest BCUT2D eigenvalue weighted by molar-refractivity contribution is 0.415. The van der Waals surface area contributed by atoms with Gasteiger partial charge in [-0.05, 0) is 30.2 Å². The largest absolute Gasteiger partial charge is 0.497 e. The Morgan fingerprint density at radius 2 is 2.24 bits per heavy atom. The van der Waals surface area contributed by atoms with Crippen molar-refractivity contribution in [2.45, 2.75) is 13.3 Å². The minimum absolute atomic E-state index is 0.266. The topological polar surface area (TPSA) is 45.9 Å². The van der Waals surface area contributed by atoms with Crippen molar-refractivity contribution in [3.05, 3.63) is 34.5 Å². The average Bonchev–Trinajstić information content (AvgIpc) is 2.36. The molecule has 17 heavy (non-hydrogen) atoms. The molecule has 4 heteroatoms. The van der Waals surface area contributed by atoms with Crippen molar-refractivity contribution in [1.82, 2.24) is 4.98 Å². The van der Waals surface area contributed by atoms with Gasteiger partial charge in [0.05, 0.1) is 18.2 Å². The van der Waals surface area contributed by atoms with E-state index in [4.69, 9.17) is 21.6 Å². The van der Waals surface area contributed by atoms with Gasteiger partial charge < -0.3 is 4.74 Å². The minimum Gasteiger partial charge on any atom is -0.497 e. The number of aromatic nitrogens is 1. The molecule has 2 aromatic rings. The molecule has 0 fully saturated rings. The second kappa shape index (κ2) is 4.60. The van der Waals surface area contributed by atoms with Crippen LogP contribution in [0.1, 0.15) is 18.1 Å². The molecule has 0 spiro atoms. The minimum atomic E-state index is 0.266. The van der Waals surface area contributed by atoms with Crippen LogP contribution in [0.15, 0.2) is 18.2 Å². The van der Waals surface area contributed by atoms with Gasteiger partial charge in [-0.1, -0.05) is 18.5 Å². The van der Waals surface area contributed by atoms with E-state index in [2.05, 4.69) is 11.1 Å². The number of nitriles is 1. The summed E-state index contributed by atoms with van der Waals surface area (Å²) in [5.41, 5.74) is 2.16. The van der Waals surface area contributed by atoms with Gasteiger partial charge in [0, 0.05) is 5.39 Å². The van der Waals surface area contributed by atoms with Crippen LogP contribution in [-0.2, 0) is 6.42 Å². The molecule has 0 aliphatic rings. The molecule has 0 unspecified atom stereocenters. The number of halogens is 1. The van der Waals surface area contributed by atoms with Crippen LogP contribution in [0.4, 0.5) is 0 Å². The fourth-order valence-electron chi connectivity index (χ4n) is 1.88. The Morgan fingerprint density at radius 1 is 1.47 bits per heavy atom. The van der Waals surface area contributed by atoms with Gasteiger partial charge in [-0.25, -0.2) is 4.98 Å². The number of hydrogen-bond acceptors (Lipinski definition) is 3. The summed E-state index contributed by atoms with van der Waals surface area (Å²) >= 11 is 6.00. The number of benzene rings is 1. The van der Waals surface area contributed by atoms with E-state index in [0.29, 0.717) is 5.56 Å². The van der Waals surface area contributed by atoms with Gasteiger partial charge >= 0.3 is 0 Å². The van der Waals surface area contributed by atoms with Gasteiger partial charge in [-0.3, -0.25) is 0 Å². The Labute approximate surface area is 105 Å². The van der Waals surface area contributed by atoms with E-state index in [1.807, 2.05) is 25.1 Å². The zero-order valence-electron chi connectivity index (χ0n) is 9.62. The molecule has 1 heterocycles. The van der Waals surface area contributed by atoms with Gasteiger partial charge in [-0.15, -0.1) is 0 Å². The number of nitrogens with zero attached hydrogens (tertiary/aromatic N) is 2. The summed E-state index contributed by atoms with van der Waals surface area (Å²) in [4.78, 5) is 4.22. The second-order valence-electron chi connectivity index (χ2n) is 3.60. The number of ether oxygens (including phenoxy) is 1. The molecule has 0 saturated heterocycles. The molecule has 0 amide bonds. The molecule has 0 saturated carbocycles. The first-order valence-corrected chi connectivity index (χ1v) is 5.65. The molecule has 0 radical (unpaired) electrons. The molecule has 0 aliphatic heterocycles. The van der Waals surface area contributed by atoms with E-state index in [1.165, 1.54) is 0 Å². The van der Waals surface area contributed by atoms with Gasteiger partial charge in [-0.2, -0.15) is 5.26 Å². The molecule has 0 aliphatic carbocycles. The van der Waals surface area contributed by atoms with E-state index >= 15 is 0 Å². The Kier molecular flexibility index (Phi) is 3.16. The Bertz CT molecular complexity index is 617. The summed E-state index contributed by atoms with van der Waals surface area (Å²) < 4.78 is 5.18. The second-order valence-corrected chi connectivity index (χ2v) is 3.96. The number of rotatable bonds is 2. The zero-order valence-corrected chi connectivity index (χ0v) is 10.4. The van der Waals surface area contributed by atoms with Crippen LogP contribution < -0.4 is 4.74 Å². The molecule has 1 aromatic heterocycles. The number of hydrogen-bond donors (Lipinski definition) is 0. The number of fused-ring (bicyclic) bond motifs is 1. The molecule has 1 aromatic carbocycles. The third kappa shape index (κ3) is 1.92. The van der Waals surface area contributed by atoms with E-state index in [-0.39, 0.29) is 5.15 Å². The van der Waals surface area contributed by atoms with Gasteiger partial charge in [0.2, 0.25) is 0 Å². The first-order chi connectivity index (χ1) is 8.21. The zero-order chi connectivity index (χ0) is 12.4.